The van der Waals surface area contributed by atoms with Crippen LogP contribution >= 0.6 is 0 Å². The Balaban J connectivity index is 1.75. The van der Waals surface area contributed by atoms with Crippen LogP contribution < -0.4 is 15.5 Å². The fourth-order valence-electron chi connectivity index (χ4n) is 3.68. The zero-order chi connectivity index (χ0) is 19.6. The highest BCUT2D eigenvalue weighted by Gasteiger charge is 2.14. The summed E-state index contributed by atoms with van der Waals surface area (Å²) in [7, 11) is 1.83. The van der Waals surface area contributed by atoms with Crippen molar-refractivity contribution in [3.05, 3.63) is 23.9 Å². The van der Waals surface area contributed by atoms with Gasteiger partial charge in [-0.15, -0.1) is 0 Å². The second-order valence-corrected chi connectivity index (χ2v) is 7.85. The Bertz CT molecular complexity index is 570. The molecule has 2 heterocycles. The lowest BCUT2D eigenvalue weighted by molar-refractivity contribution is 0.173. The van der Waals surface area contributed by atoms with Crippen LogP contribution in [-0.4, -0.2) is 61.2 Å². The molecule has 0 saturated carbocycles. The summed E-state index contributed by atoms with van der Waals surface area (Å²) in [6, 6.07) is 5.43. The molecule has 2 N–H and O–H groups in total. The lowest BCUT2D eigenvalue weighted by atomic mass is 10.2. The maximum Gasteiger partial charge on any atom is 0.191 e. The van der Waals surface area contributed by atoms with Crippen molar-refractivity contribution in [1.29, 1.82) is 0 Å². The minimum Gasteiger partial charge on any atom is -0.357 e. The molecule has 1 aromatic heterocycles. The molecule has 0 unspecified atom stereocenters. The normalized spacial score (nSPS) is 15.3. The molecule has 0 amide bonds. The topological polar surface area (TPSA) is 55.8 Å². The van der Waals surface area contributed by atoms with Crippen LogP contribution in [0.15, 0.2) is 23.3 Å². The molecule has 1 aliphatic rings. The van der Waals surface area contributed by atoms with Gasteiger partial charge in [0.25, 0.3) is 0 Å². The number of pyridine rings is 1. The number of anilines is 1. The van der Waals surface area contributed by atoms with Crippen LogP contribution in [0.5, 0.6) is 0 Å². The van der Waals surface area contributed by atoms with Crippen LogP contribution in [0.3, 0.4) is 0 Å². The Morgan fingerprint density at radius 3 is 2.52 bits per heavy atom. The quantitative estimate of drug-likeness (QED) is 0.395. The van der Waals surface area contributed by atoms with E-state index in [9.17, 15) is 0 Å². The highest BCUT2D eigenvalue weighted by atomic mass is 15.2. The van der Waals surface area contributed by atoms with Gasteiger partial charge in [-0.05, 0) is 64.7 Å². The molecule has 27 heavy (non-hydrogen) atoms. The number of rotatable bonds is 9. The summed E-state index contributed by atoms with van der Waals surface area (Å²) in [5.41, 5.74) is 1.24. The first-order chi connectivity index (χ1) is 13.0. The van der Waals surface area contributed by atoms with Gasteiger partial charge in [0.15, 0.2) is 5.96 Å². The van der Waals surface area contributed by atoms with E-state index in [0.29, 0.717) is 12.1 Å². The molecule has 1 saturated heterocycles. The van der Waals surface area contributed by atoms with E-state index in [0.717, 1.165) is 50.9 Å². The molecule has 2 rings (SSSR count). The van der Waals surface area contributed by atoms with Gasteiger partial charge in [-0.2, -0.15) is 0 Å². The van der Waals surface area contributed by atoms with Gasteiger partial charge < -0.3 is 15.5 Å². The number of nitrogens with zero attached hydrogens (tertiary/aromatic N) is 4. The number of aromatic nitrogens is 1. The molecule has 0 aromatic carbocycles. The highest BCUT2D eigenvalue weighted by Crippen LogP contribution is 2.18. The summed E-state index contributed by atoms with van der Waals surface area (Å²) >= 11 is 0. The summed E-state index contributed by atoms with van der Waals surface area (Å²) in [5.74, 6) is 1.95. The molecule has 1 aliphatic heterocycles. The Morgan fingerprint density at radius 1 is 1.19 bits per heavy atom. The summed E-state index contributed by atoms with van der Waals surface area (Å²) in [5, 5.41) is 6.84. The summed E-state index contributed by atoms with van der Waals surface area (Å²) in [6.45, 7) is 14.1. The molecule has 1 aromatic rings. The second-order valence-electron chi connectivity index (χ2n) is 7.85. The maximum absolute atomic E-state index is 4.52. The first-order valence-electron chi connectivity index (χ1n) is 10.4. The molecule has 6 heteroatoms. The standard InChI is InChI=1S/C21H38N6/c1-17(2)27(18(3)4)14-8-10-24-21(22-5)25-16-19-9-11-23-20(15-19)26-12-6-7-13-26/h9,11,15,17-18H,6-8,10,12-14,16H2,1-5H3,(H2,22,24,25). The van der Waals surface area contributed by atoms with E-state index in [1.54, 1.807) is 0 Å². The fourth-order valence-corrected chi connectivity index (χ4v) is 3.68. The highest BCUT2D eigenvalue weighted by molar-refractivity contribution is 5.79. The monoisotopic (exact) mass is 374 g/mol. The maximum atomic E-state index is 4.52. The van der Waals surface area contributed by atoms with Crippen LogP contribution in [0.1, 0.15) is 52.5 Å². The third-order valence-corrected chi connectivity index (χ3v) is 5.14. The van der Waals surface area contributed by atoms with Gasteiger partial charge in [0, 0.05) is 58.1 Å². The number of aliphatic imine (C=N–C) groups is 1. The molecule has 0 bridgehead atoms. The van der Waals surface area contributed by atoms with Gasteiger partial charge in [0.05, 0.1) is 0 Å². The van der Waals surface area contributed by atoms with Crippen LogP contribution in [0, 0.1) is 0 Å². The van der Waals surface area contributed by atoms with Crippen LogP contribution in [0.4, 0.5) is 5.82 Å². The van der Waals surface area contributed by atoms with Gasteiger partial charge in [0.1, 0.15) is 5.82 Å². The van der Waals surface area contributed by atoms with E-state index in [1.807, 2.05) is 13.2 Å². The molecule has 0 atom stereocenters. The van der Waals surface area contributed by atoms with Gasteiger partial charge in [-0.3, -0.25) is 9.89 Å². The Morgan fingerprint density at radius 2 is 1.89 bits per heavy atom. The van der Waals surface area contributed by atoms with E-state index in [2.05, 4.69) is 70.2 Å². The van der Waals surface area contributed by atoms with E-state index in [-0.39, 0.29) is 0 Å². The Kier molecular flexibility index (Phi) is 8.85. The molecular weight excluding hydrogens is 336 g/mol. The van der Waals surface area contributed by atoms with Crippen molar-refractivity contribution in [3.63, 3.8) is 0 Å². The van der Waals surface area contributed by atoms with Crippen molar-refractivity contribution < 1.29 is 0 Å². The zero-order valence-corrected chi connectivity index (χ0v) is 17.8. The minimum absolute atomic E-state index is 0.582. The third kappa shape index (κ3) is 7.01. The molecular formula is C21H38N6. The second kappa shape index (κ2) is 11.1. The van der Waals surface area contributed by atoms with Gasteiger partial charge in [0.2, 0.25) is 0 Å². The Hall–Kier alpha value is -1.82. The number of guanidine groups is 1. The SMILES string of the molecule is CN=C(NCCCN(C(C)C)C(C)C)NCc1ccnc(N2CCCC2)c1. The molecule has 152 valence electrons. The van der Waals surface area contributed by atoms with Gasteiger partial charge in [-0.25, -0.2) is 4.98 Å². The van der Waals surface area contributed by atoms with E-state index >= 15 is 0 Å². The van der Waals surface area contributed by atoms with E-state index < -0.39 is 0 Å². The van der Waals surface area contributed by atoms with Gasteiger partial charge >= 0.3 is 0 Å². The van der Waals surface area contributed by atoms with Crippen LogP contribution in [0.25, 0.3) is 0 Å². The van der Waals surface area contributed by atoms with Gasteiger partial charge in [-0.1, -0.05) is 0 Å². The molecule has 1 fully saturated rings. The predicted octanol–water partition coefficient (Wildman–Crippen LogP) is 2.86. The Labute approximate surface area is 165 Å². The van der Waals surface area contributed by atoms with Crippen molar-refractivity contribution in [2.75, 3.05) is 38.1 Å². The fraction of sp³-hybridized carbons (Fsp3) is 0.714. The average Bonchev–Trinajstić information content (AvgIpc) is 3.18. The number of nitrogens with one attached hydrogen (secondary N) is 2. The average molecular weight is 375 g/mol. The first-order valence-corrected chi connectivity index (χ1v) is 10.4. The third-order valence-electron chi connectivity index (χ3n) is 5.14. The summed E-state index contributed by atoms with van der Waals surface area (Å²) in [4.78, 5) is 13.8. The van der Waals surface area contributed by atoms with Crippen molar-refractivity contribution in [2.45, 2.75) is 65.6 Å². The largest absolute Gasteiger partial charge is 0.357 e. The summed E-state index contributed by atoms with van der Waals surface area (Å²) < 4.78 is 0. The van der Waals surface area contributed by atoms with E-state index in [1.165, 1.54) is 18.4 Å². The number of hydrogen-bond donors (Lipinski definition) is 2. The van der Waals surface area contributed by atoms with Crippen LogP contribution in [-0.2, 0) is 6.54 Å². The van der Waals surface area contributed by atoms with Crippen LogP contribution in [0.2, 0.25) is 0 Å². The first kappa shape index (κ1) is 21.5. The lowest BCUT2D eigenvalue weighted by Gasteiger charge is -2.30. The molecule has 0 aliphatic carbocycles. The lowest BCUT2D eigenvalue weighted by Crippen LogP contribution is -2.41. The number of hydrogen-bond acceptors (Lipinski definition) is 4. The smallest absolute Gasteiger partial charge is 0.191 e. The van der Waals surface area contributed by atoms with E-state index in [4.69, 9.17) is 0 Å². The van der Waals surface area contributed by atoms with Crippen molar-refractivity contribution in [3.8, 4) is 0 Å². The molecule has 0 radical (unpaired) electrons. The van der Waals surface area contributed by atoms with Crippen molar-refractivity contribution in [1.82, 2.24) is 20.5 Å². The molecule has 0 spiro atoms. The zero-order valence-electron chi connectivity index (χ0n) is 17.8. The van der Waals surface area contributed by atoms with Crippen molar-refractivity contribution >= 4 is 11.8 Å². The summed E-state index contributed by atoms with van der Waals surface area (Å²) in [6.07, 6.45) is 5.55. The minimum atomic E-state index is 0.582. The van der Waals surface area contributed by atoms with Crippen molar-refractivity contribution in [2.24, 2.45) is 4.99 Å². The predicted molar refractivity (Wildman–Crippen MR) is 115 cm³/mol. The molecule has 6 nitrogen and oxygen atoms in total.